The van der Waals surface area contributed by atoms with Crippen molar-refractivity contribution in [3.63, 3.8) is 0 Å². The Labute approximate surface area is 252 Å². The topological polar surface area (TPSA) is 183 Å². The Hall–Kier alpha value is -1.40. The summed E-state index contributed by atoms with van der Waals surface area (Å²) in [6.45, 7) is 1.49. The quantitative estimate of drug-likeness (QED) is 0.0420. The summed E-state index contributed by atoms with van der Waals surface area (Å²) in [5.41, 5.74) is 5.85. The van der Waals surface area contributed by atoms with Crippen molar-refractivity contribution in [3.05, 3.63) is 0 Å². The number of nitrogens with two attached hydrogens (primary N) is 1. The number of ketones is 1. The van der Waals surface area contributed by atoms with E-state index >= 15 is 0 Å². The molecule has 0 aliphatic carbocycles. The number of nitrogens with zero attached hydrogens (tertiary/aromatic N) is 1. The first-order valence-electron chi connectivity index (χ1n) is 15.5. The molecule has 12 nitrogen and oxygen atoms in total. The molecule has 0 aromatic heterocycles. The SMILES string of the molecule is CCCCCCCCCCCCCCCC(=O)OC(C(=O)[C@@H](N)CCC(=O)O)[C@H](CO)OP(=O)(O)OCC[N+](C)(C)C. The highest BCUT2D eigenvalue weighted by Crippen LogP contribution is 2.45. The number of ether oxygens (including phenoxy) is 1. The number of Topliss-reactive ketones (excluding diaryl/α,β-unsaturated/α-hetero) is 1. The molecule has 0 bridgehead atoms. The van der Waals surface area contributed by atoms with Crippen LogP contribution in [0.3, 0.4) is 0 Å². The minimum atomic E-state index is -4.75. The van der Waals surface area contributed by atoms with Gasteiger partial charge in [0.25, 0.3) is 0 Å². The van der Waals surface area contributed by atoms with Crippen molar-refractivity contribution in [1.29, 1.82) is 0 Å². The average molecular weight is 626 g/mol. The first-order valence-corrected chi connectivity index (χ1v) is 17.0. The van der Waals surface area contributed by atoms with Crippen molar-refractivity contribution >= 4 is 25.5 Å². The van der Waals surface area contributed by atoms with Crippen molar-refractivity contribution in [1.82, 2.24) is 0 Å². The Morgan fingerprint density at radius 3 is 1.81 bits per heavy atom. The van der Waals surface area contributed by atoms with Gasteiger partial charge in [-0.1, -0.05) is 84.0 Å². The molecule has 13 heteroatoms. The molecule has 5 N–H and O–H groups in total. The summed E-state index contributed by atoms with van der Waals surface area (Å²) < 4.78 is 28.3. The third-order valence-electron chi connectivity index (χ3n) is 6.86. The number of likely N-dealkylation sites (N-methyl/N-ethyl adjacent to an activating group) is 1. The largest absolute Gasteiger partial charge is 0.481 e. The predicted octanol–water partition coefficient (Wildman–Crippen LogP) is 4.34. The van der Waals surface area contributed by atoms with Crippen LogP contribution in [0.2, 0.25) is 0 Å². The van der Waals surface area contributed by atoms with E-state index in [4.69, 9.17) is 24.6 Å². The van der Waals surface area contributed by atoms with Crippen molar-refractivity contribution in [2.45, 2.75) is 128 Å². The van der Waals surface area contributed by atoms with Gasteiger partial charge >= 0.3 is 19.8 Å². The number of unbranched alkanes of at least 4 members (excludes halogenated alkanes) is 12. The number of hydrogen-bond donors (Lipinski definition) is 4. The van der Waals surface area contributed by atoms with Crippen LogP contribution in [0.25, 0.3) is 0 Å². The second-order valence-corrected chi connectivity index (χ2v) is 13.4. The zero-order chi connectivity index (χ0) is 32.0. The highest BCUT2D eigenvalue weighted by atomic mass is 31.2. The molecule has 0 aliphatic heterocycles. The van der Waals surface area contributed by atoms with Gasteiger partial charge in [0.15, 0.2) is 11.9 Å². The van der Waals surface area contributed by atoms with Crippen molar-refractivity contribution in [2.24, 2.45) is 5.73 Å². The molecule has 0 saturated carbocycles. The zero-order valence-corrected chi connectivity index (χ0v) is 27.2. The number of phosphoric ester groups is 1. The fourth-order valence-electron chi connectivity index (χ4n) is 4.25. The number of aliphatic carboxylic acids is 1. The second-order valence-electron chi connectivity index (χ2n) is 12.0. The summed E-state index contributed by atoms with van der Waals surface area (Å²) in [4.78, 5) is 46.7. The van der Waals surface area contributed by atoms with E-state index in [2.05, 4.69) is 6.92 Å². The number of carboxylic acid groups (broad SMARTS) is 1. The van der Waals surface area contributed by atoms with Crippen LogP contribution < -0.4 is 5.73 Å². The van der Waals surface area contributed by atoms with E-state index < -0.39 is 56.8 Å². The lowest BCUT2D eigenvalue weighted by Crippen LogP contribution is -2.49. The molecule has 0 aliphatic rings. The summed E-state index contributed by atoms with van der Waals surface area (Å²) >= 11 is 0. The van der Waals surface area contributed by atoms with Crippen LogP contribution in [-0.4, -0.2) is 96.5 Å². The number of rotatable bonds is 28. The highest BCUT2D eigenvalue weighted by Gasteiger charge is 2.40. The number of carboxylic acids is 1. The van der Waals surface area contributed by atoms with E-state index in [1.807, 2.05) is 21.1 Å². The highest BCUT2D eigenvalue weighted by molar-refractivity contribution is 7.47. The lowest BCUT2D eigenvalue weighted by Gasteiger charge is -2.28. The van der Waals surface area contributed by atoms with Gasteiger partial charge in [0.1, 0.15) is 19.3 Å². The van der Waals surface area contributed by atoms with Crippen LogP contribution in [0, 0.1) is 0 Å². The smallest absolute Gasteiger partial charge is 0.472 e. The number of esters is 1. The molecule has 0 fully saturated rings. The first kappa shape index (κ1) is 40.6. The van der Waals surface area contributed by atoms with Gasteiger partial charge in [0.2, 0.25) is 0 Å². The lowest BCUT2D eigenvalue weighted by molar-refractivity contribution is -0.870. The van der Waals surface area contributed by atoms with Crippen LogP contribution in [0.4, 0.5) is 0 Å². The Balaban J connectivity index is 4.85. The predicted molar refractivity (Wildman–Crippen MR) is 161 cm³/mol. The van der Waals surface area contributed by atoms with Crippen LogP contribution in [-0.2, 0) is 32.7 Å². The Morgan fingerprint density at radius 1 is 0.857 bits per heavy atom. The first-order chi connectivity index (χ1) is 19.7. The van der Waals surface area contributed by atoms with Gasteiger partial charge < -0.3 is 30.1 Å². The summed E-state index contributed by atoms with van der Waals surface area (Å²) in [5, 5.41) is 18.8. The molecule has 0 spiro atoms. The van der Waals surface area contributed by atoms with Gasteiger partial charge in [-0.25, -0.2) is 4.57 Å². The molecular formula is C29H58N2O10P+. The fraction of sp³-hybridized carbons (Fsp3) is 0.897. The number of hydrogen-bond acceptors (Lipinski definition) is 9. The third-order valence-corrected chi connectivity index (χ3v) is 7.91. The fourth-order valence-corrected chi connectivity index (χ4v) is 5.15. The molecule has 0 saturated heterocycles. The zero-order valence-electron chi connectivity index (χ0n) is 26.3. The van der Waals surface area contributed by atoms with Crippen LogP contribution in [0.15, 0.2) is 0 Å². The lowest BCUT2D eigenvalue weighted by atomic mass is 10.00. The Bertz CT molecular complexity index is 806. The van der Waals surface area contributed by atoms with E-state index in [-0.39, 0.29) is 19.4 Å². The monoisotopic (exact) mass is 625 g/mol. The van der Waals surface area contributed by atoms with Crippen LogP contribution in [0.1, 0.15) is 110 Å². The molecule has 2 unspecified atom stereocenters. The summed E-state index contributed by atoms with van der Waals surface area (Å²) in [6.07, 6.45) is 10.6. The maximum Gasteiger partial charge on any atom is 0.472 e. The van der Waals surface area contributed by atoms with Gasteiger partial charge in [0.05, 0.1) is 33.8 Å². The second kappa shape index (κ2) is 23.0. The van der Waals surface area contributed by atoms with Crippen LogP contribution in [0.5, 0.6) is 0 Å². The maximum absolute atomic E-state index is 13.0. The van der Waals surface area contributed by atoms with Crippen LogP contribution >= 0.6 is 7.82 Å². The van der Waals surface area contributed by atoms with Gasteiger partial charge in [-0.05, 0) is 12.8 Å². The number of aliphatic hydroxyl groups excluding tert-OH is 1. The summed E-state index contributed by atoms with van der Waals surface area (Å²) in [6, 6.07) is -1.36. The number of phosphoric acid groups is 1. The molecule has 0 amide bonds. The molecule has 4 atom stereocenters. The van der Waals surface area contributed by atoms with E-state index in [1.165, 1.54) is 51.4 Å². The number of quaternary nitrogens is 1. The third kappa shape index (κ3) is 22.2. The number of aliphatic hydroxyl groups is 1. The van der Waals surface area contributed by atoms with Crippen molar-refractivity contribution in [2.75, 3.05) is 40.9 Å². The normalized spacial score (nSPS) is 15.5. The molecular weight excluding hydrogens is 567 g/mol. The number of carbonyl (C=O) groups excluding carboxylic acids is 2. The molecule has 42 heavy (non-hydrogen) atoms. The molecule has 248 valence electrons. The minimum Gasteiger partial charge on any atom is -0.481 e. The molecule has 0 heterocycles. The van der Waals surface area contributed by atoms with Gasteiger partial charge in [-0.3, -0.25) is 23.4 Å². The standard InChI is InChI=1S/C29H57N2O10P/c1-5-6-7-8-9-10-11-12-13-14-15-16-17-18-27(35)40-29(28(36)24(30)19-20-26(33)34)25(23-32)41-42(37,38)39-22-21-31(2,3)4/h24-25,29,32H,5-23,30H2,1-4H3,(H-,33,34,37,38)/p+1/t24-,25-,29?/m0/s1. The Kier molecular flexibility index (Phi) is 22.3. The average Bonchev–Trinajstić information content (AvgIpc) is 2.90. The number of carbonyl (C=O) groups is 3. The maximum atomic E-state index is 13.0. The minimum absolute atomic E-state index is 0.000832. The summed E-state index contributed by atoms with van der Waals surface area (Å²) in [7, 11) is 0.813. The summed E-state index contributed by atoms with van der Waals surface area (Å²) in [5.74, 6) is -2.84. The molecule has 0 radical (unpaired) electrons. The van der Waals surface area contributed by atoms with Gasteiger partial charge in [0, 0.05) is 12.8 Å². The van der Waals surface area contributed by atoms with Crippen molar-refractivity contribution < 1.29 is 52.3 Å². The van der Waals surface area contributed by atoms with E-state index in [0.717, 1.165) is 25.7 Å². The van der Waals surface area contributed by atoms with E-state index in [9.17, 15) is 28.9 Å². The molecule has 0 rings (SSSR count). The molecule has 0 aromatic carbocycles. The Morgan fingerprint density at radius 2 is 1.36 bits per heavy atom. The van der Waals surface area contributed by atoms with E-state index in [1.54, 1.807) is 0 Å². The van der Waals surface area contributed by atoms with Gasteiger partial charge in [-0.15, -0.1) is 0 Å². The van der Waals surface area contributed by atoms with E-state index in [0.29, 0.717) is 17.4 Å². The molecule has 0 aromatic rings. The van der Waals surface area contributed by atoms with Crippen molar-refractivity contribution in [3.8, 4) is 0 Å². The van der Waals surface area contributed by atoms with Gasteiger partial charge in [-0.2, -0.15) is 0 Å².